The summed E-state index contributed by atoms with van der Waals surface area (Å²) in [7, 11) is 0. The van der Waals surface area contributed by atoms with E-state index >= 15 is 0 Å². The number of fused-ring (bicyclic) bond motifs is 2. The summed E-state index contributed by atoms with van der Waals surface area (Å²) < 4.78 is 11.2. The van der Waals surface area contributed by atoms with Crippen molar-refractivity contribution in [1.82, 2.24) is 0 Å². The number of benzene rings is 2. The van der Waals surface area contributed by atoms with E-state index in [4.69, 9.17) is 8.83 Å². The van der Waals surface area contributed by atoms with E-state index in [0.29, 0.717) is 22.3 Å². The summed E-state index contributed by atoms with van der Waals surface area (Å²) in [5.41, 5.74) is 1.89. The van der Waals surface area contributed by atoms with Gasteiger partial charge in [0.25, 0.3) is 0 Å². The Labute approximate surface area is 114 Å². The van der Waals surface area contributed by atoms with Gasteiger partial charge >= 0.3 is 0 Å². The van der Waals surface area contributed by atoms with E-state index < -0.39 is 0 Å². The Morgan fingerprint density at radius 1 is 0.850 bits per heavy atom. The lowest BCUT2D eigenvalue weighted by Crippen LogP contribution is -1.99. The van der Waals surface area contributed by atoms with Crippen LogP contribution in [-0.4, -0.2) is 0 Å². The van der Waals surface area contributed by atoms with Gasteiger partial charge < -0.3 is 8.83 Å². The predicted molar refractivity (Wildman–Crippen MR) is 76.5 cm³/mol. The maximum atomic E-state index is 12.1. The smallest absolute Gasteiger partial charge is 0.193 e. The SMILES string of the molecule is O=c1cc(-c2[c]oc3ccccc23)oc2ccccc12. The summed E-state index contributed by atoms with van der Waals surface area (Å²) in [4.78, 5) is 12.1. The molecule has 2 heterocycles. The molecule has 20 heavy (non-hydrogen) atoms. The average Bonchev–Trinajstić information content (AvgIpc) is 2.91. The third-order valence-electron chi connectivity index (χ3n) is 3.30. The zero-order chi connectivity index (χ0) is 13.5. The Bertz CT molecular complexity index is 976. The van der Waals surface area contributed by atoms with Crippen LogP contribution in [0, 0.1) is 6.26 Å². The first-order valence-electron chi connectivity index (χ1n) is 6.25. The Balaban J connectivity index is 2.05. The molecular weight excluding hydrogens is 252 g/mol. The zero-order valence-corrected chi connectivity index (χ0v) is 10.4. The minimum Gasteiger partial charge on any atom is -0.456 e. The van der Waals surface area contributed by atoms with Crippen LogP contribution in [-0.2, 0) is 0 Å². The number of hydrogen-bond acceptors (Lipinski definition) is 3. The molecule has 0 saturated carbocycles. The molecule has 95 valence electrons. The van der Waals surface area contributed by atoms with Crippen LogP contribution in [0.4, 0.5) is 0 Å². The molecule has 0 aliphatic rings. The Morgan fingerprint density at radius 2 is 1.55 bits per heavy atom. The molecule has 2 aromatic heterocycles. The van der Waals surface area contributed by atoms with Crippen LogP contribution in [0.15, 0.2) is 68.2 Å². The molecule has 3 heteroatoms. The van der Waals surface area contributed by atoms with Gasteiger partial charge in [-0.3, -0.25) is 4.79 Å². The van der Waals surface area contributed by atoms with Crippen LogP contribution < -0.4 is 5.43 Å². The van der Waals surface area contributed by atoms with Gasteiger partial charge in [0.05, 0.1) is 10.9 Å². The van der Waals surface area contributed by atoms with Crippen molar-refractivity contribution < 1.29 is 8.83 Å². The first-order chi connectivity index (χ1) is 9.83. The summed E-state index contributed by atoms with van der Waals surface area (Å²) in [6.45, 7) is 0. The van der Waals surface area contributed by atoms with Crippen LogP contribution in [0.25, 0.3) is 33.3 Å². The van der Waals surface area contributed by atoms with E-state index in [2.05, 4.69) is 6.26 Å². The van der Waals surface area contributed by atoms with Crippen LogP contribution in [0.2, 0.25) is 0 Å². The highest BCUT2D eigenvalue weighted by molar-refractivity contribution is 5.93. The third-order valence-corrected chi connectivity index (χ3v) is 3.30. The van der Waals surface area contributed by atoms with Crippen molar-refractivity contribution in [1.29, 1.82) is 0 Å². The highest BCUT2D eigenvalue weighted by Crippen LogP contribution is 2.30. The molecule has 4 rings (SSSR count). The number of hydrogen-bond donors (Lipinski definition) is 0. The fourth-order valence-corrected chi connectivity index (χ4v) is 2.33. The van der Waals surface area contributed by atoms with Crippen molar-refractivity contribution in [2.45, 2.75) is 0 Å². The van der Waals surface area contributed by atoms with Crippen molar-refractivity contribution in [3.05, 3.63) is 71.1 Å². The molecule has 3 nitrogen and oxygen atoms in total. The molecule has 0 bridgehead atoms. The lowest BCUT2D eigenvalue weighted by molar-refractivity contribution is 0.594. The van der Waals surface area contributed by atoms with E-state index in [-0.39, 0.29) is 5.43 Å². The van der Waals surface area contributed by atoms with Gasteiger partial charge in [0, 0.05) is 11.5 Å². The molecule has 1 radical (unpaired) electrons. The van der Waals surface area contributed by atoms with Crippen LogP contribution in [0.3, 0.4) is 0 Å². The lowest BCUT2D eigenvalue weighted by atomic mass is 10.1. The monoisotopic (exact) mass is 261 g/mol. The van der Waals surface area contributed by atoms with E-state index in [1.54, 1.807) is 12.1 Å². The summed E-state index contributed by atoms with van der Waals surface area (Å²) in [5.74, 6) is 0.471. The molecule has 0 aliphatic carbocycles. The van der Waals surface area contributed by atoms with Gasteiger partial charge in [-0.15, -0.1) is 0 Å². The summed E-state index contributed by atoms with van der Waals surface area (Å²) in [6.07, 6.45) is 2.81. The first kappa shape index (κ1) is 11.1. The zero-order valence-electron chi connectivity index (χ0n) is 10.4. The number of para-hydroxylation sites is 2. The van der Waals surface area contributed by atoms with Crippen molar-refractivity contribution in [2.75, 3.05) is 0 Å². The standard InChI is InChI=1S/C17H9O3/c18-14-9-17(20-16-8-4-2-6-12(14)16)13-10-19-15-7-3-1-5-11(13)15/h1-9H. The molecule has 4 aromatic rings. The van der Waals surface area contributed by atoms with Crippen molar-refractivity contribution >= 4 is 21.9 Å². The Hall–Kier alpha value is -2.81. The molecule has 0 aliphatic heterocycles. The minimum atomic E-state index is -0.0690. The molecule has 0 N–H and O–H groups in total. The Morgan fingerprint density at radius 3 is 2.40 bits per heavy atom. The minimum absolute atomic E-state index is 0.0690. The largest absolute Gasteiger partial charge is 0.456 e. The second kappa shape index (κ2) is 4.10. The third kappa shape index (κ3) is 1.57. The maximum absolute atomic E-state index is 12.1. The van der Waals surface area contributed by atoms with E-state index in [0.717, 1.165) is 11.0 Å². The summed E-state index contributed by atoms with van der Waals surface area (Å²) in [5, 5.41) is 1.45. The van der Waals surface area contributed by atoms with Gasteiger partial charge in [0.2, 0.25) is 0 Å². The number of furan rings is 1. The van der Waals surface area contributed by atoms with Crippen LogP contribution >= 0.6 is 0 Å². The summed E-state index contributed by atoms with van der Waals surface area (Å²) >= 11 is 0. The van der Waals surface area contributed by atoms with Gasteiger partial charge in [-0.1, -0.05) is 30.3 Å². The molecule has 0 spiro atoms. The molecule has 2 aromatic carbocycles. The quantitative estimate of drug-likeness (QED) is 0.520. The topological polar surface area (TPSA) is 43.4 Å². The van der Waals surface area contributed by atoms with Gasteiger partial charge in [-0.05, 0) is 18.2 Å². The predicted octanol–water partition coefficient (Wildman–Crippen LogP) is 4.01. The van der Waals surface area contributed by atoms with Gasteiger partial charge in [-0.25, -0.2) is 0 Å². The van der Waals surface area contributed by atoms with E-state index in [9.17, 15) is 4.79 Å². The normalized spacial score (nSPS) is 11.2. The fraction of sp³-hybridized carbons (Fsp3) is 0. The second-order valence-corrected chi connectivity index (χ2v) is 4.55. The maximum Gasteiger partial charge on any atom is 0.193 e. The molecule has 0 fully saturated rings. The molecule has 0 saturated heterocycles. The molecule has 0 unspecified atom stereocenters. The Kier molecular flexibility index (Phi) is 2.27. The molecule has 0 atom stereocenters. The van der Waals surface area contributed by atoms with Crippen molar-refractivity contribution in [3.63, 3.8) is 0 Å². The molecule has 0 amide bonds. The fourth-order valence-electron chi connectivity index (χ4n) is 2.33. The van der Waals surface area contributed by atoms with Crippen molar-refractivity contribution in [2.24, 2.45) is 0 Å². The number of rotatable bonds is 1. The molecular formula is C17H9O3. The van der Waals surface area contributed by atoms with Gasteiger partial charge in [0.1, 0.15) is 16.9 Å². The van der Waals surface area contributed by atoms with Crippen molar-refractivity contribution in [3.8, 4) is 11.3 Å². The first-order valence-corrected chi connectivity index (χ1v) is 6.25. The average molecular weight is 261 g/mol. The van der Waals surface area contributed by atoms with Gasteiger partial charge in [0.15, 0.2) is 11.7 Å². The summed E-state index contributed by atoms with van der Waals surface area (Å²) in [6, 6.07) is 16.2. The van der Waals surface area contributed by atoms with E-state index in [1.165, 1.54) is 6.07 Å². The lowest BCUT2D eigenvalue weighted by Gasteiger charge is -2.00. The van der Waals surface area contributed by atoms with Crippen LogP contribution in [0.5, 0.6) is 0 Å². The van der Waals surface area contributed by atoms with Gasteiger partial charge in [-0.2, -0.15) is 0 Å². The highest BCUT2D eigenvalue weighted by atomic mass is 16.3. The highest BCUT2D eigenvalue weighted by Gasteiger charge is 2.12. The van der Waals surface area contributed by atoms with E-state index in [1.807, 2.05) is 36.4 Å². The second-order valence-electron chi connectivity index (χ2n) is 4.55. The van der Waals surface area contributed by atoms with Crippen LogP contribution in [0.1, 0.15) is 0 Å².